The van der Waals surface area contributed by atoms with Crippen LogP contribution in [0.3, 0.4) is 0 Å². The zero-order chi connectivity index (χ0) is 9.26. The highest BCUT2D eigenvalue weighted by Gasteiger charge is 2.26. The van der Waals surface area contributed by atoms with Crippen LogP contribution >= 0.6 is 11.6 Å². The van der Waals surface area contributed by atoms with Crippen molar-refractivity contribution < 1.29 is 5.11 Å². The summed E-state index contributed by atoms with van der Waals surface area (Å²) in [6, 6.07) is 3.73. The summed E-state index contributed by atoms with van der Waals surface area (Å²) in [5, 5.41) is 10.2. The summed E-state index contributed by atoms with van der Waals surface area (Å²) < 4.78 is 0. The molecule has 1 aromatic rings. The van der Waals surface area contributed by atoms with Crippen LogP contribution in [-0.4, -0.2) is 16.2 Å². The summed E-state index contributed by atoms with van der Waals surface area (Å²) in [6.07, 6.45) is 4.65. The van der Waals surface area contributed by atoms with Gasteiger partial charge in [0.2, 0.25) is 0 Å². The first kappa shape index (κ1) is 8.97. The molecular formula is C10H12ClNO. The summed E-state index contributed by atoms with van der Waals surface area (Å²) in [7, 11) is 0. The van der Waals surface area contributed by atoms with Crippen molar-refractivity contribution in [3.63, 3.8) is 0 Å². The van der Waals surface area contributed by atoms with Crippen molar-refractivity contribution in [2.75, 3.05) is 0 Å². The minimum absolute atomic E-state index is 0.192. The van der Waals surface area contributed by atoms with Crippen LogP contribution < -0.4 is 0 Å². The highest BCUT2D eigenvalue weighted by Crippen LogP contribution is 2.34. The maximum absolute atomic E-state index is 9.65. The van der Waals surface area contributed by atoms with Gasteiger partial charge in [-0.2, -0.15) is 0 Å². The van der Waals surface area contributed by atoms with Crippen molar-refractivity contribution in [3.05, 3.63) is 29.0 Å². The van der Waals surface area contributed by atoms with Crippen LogP contribution in [0, 0.1) is 0 Å². The van der Waals surface area contributed by atoms with Crippen LogP contribution in [-0.2, 0) is 0 Å². The summed E-state index contributed by atoms with van der Waals surface area (Å²) in [5.41, 5.74) is 1.11. The topological polar surface area (TPSA) is 33.1 Å². The Labute approximate surface area is 82.6 Å². The van der Waals surface area contributed by atoms with E-state index in [1.54, 1.807) is 12.3 Å². The van der Waals surface area contributed by atoms with Gasteiger partial charge in [-0.05, 0) is 24.5 Å². The van der Waals surface area contributed by atoms with E-state index in [2.05, 4.69) is 4.98 Å². The molecule has 0 saturated heterocycles. The second-order valence-corrected chi connectivity index (χ2v) is 3.91. The minimum atomic E-state index is -0.192. The van der Waals surface area contributed by atoms with E-state index in [4.69, 9.17) is 11.6 Å². The predicted molar refractivity (Wildman–Crippen MR) is 51.8 cm³/mol. The number of pyridine rings is 1. The average Bonchev–Trinajstić information content (AvgIpc) is 2.53. The fourth-order valence-corrected chi connectivity index (χ4v) is 2.05. The van der Waals surface area contributed by atoms with Gasteiger partial charge in [0.05, 0.1) is 6.10 Å². The number of rotatable bonds is 1. The number of aromatic nitrogens is 1. The van der Waals surface area contributed by atoms with Crippen LogP contribution in [0.5, 0.6) is 0 Å². The highest BCUT2D eigenvalue weighted by atomic mass is 35.5. The molecule has 2 rings (SSSR count). The predicted octanol–water partition coefficient (Wildman–Crippen LogP) is 2.36. The van der Waals surface area contributed by atoms with Crippen LogP contribution in [0.2, 0.25) is 5.15 Å². The second kappa shape index (κ2) is 3.64. The third kappa shape index (κ3) is 1.84. The fraction of sp³-hybridized carbons (Fsp3) is 0.500. The van der Waals surface area contributed by atoms with E-state index in [0.29, 0.717) is 5.15 Å². The van der Waals surface area contributed by atoms with Crippen molar-refractivity contribution in [3.8, 4) is 0 Å². The van der Waals surface area contributed by atoms with Crippen LogP contribution in [0.15, 0.2) is 18.3 Å². The fourth-order valence-electron chi connectivity index (χ4n) is 1.94. The van der Waals surface area contributed by atoms with Crippen molar-refractivity contribution in [1.82, 2.24) is 4.98 Å². The Balaban J connectivity index is 2.20. The molecule has 0 spiro atoms. The monoisotopic (exact) mass is 197 g/mol. The molecule has 1 unspecified atom stereocenters. The lowest BCUT2D eigenvalue weighted by Gasteiger charge is -2.13. The van der Waals surface area contributed by atoms with Crippen molar-refractivity contribution in [2.45, 2.75) is 31.3 Å². The van der Waals surface area contributed by atoms with E-state index in [-0.39, 0.29) is 12.0 Å². The van der Waals surface area contributed by atoms with E-state index < -0.39 is 0 Å². The Morgan fingerprint density at radius 2 is 2.23 bits per heavy atom. The third-order valence-corrected chi connectivity index (χ3v) is 2.88. The lowest BCUT2D eigenvalue weighted by Crippen LogP contribution is -2.10. The number of aliphatic hydroxyl groups excluding tert-OH is 1. The molecule has 1 fully saturated rings. The Hall–Kier alpha value is -0.600. The third-order valence-electron chi connectivity index (χ3n) is 2.66. The summed E-state index contributed by atoms with van der Waals surface area (Å²) in [4.78, 5) is 4.01. The Kier molecular flexibility index (Phi) is 2.51. The Morgan fingerprint density at radius 1 is 1.38 bits per heavy atom. The molecule has 1 aromatic heterocycles. The van der Waals surface area contributed by atoms with Gasteiger partial charge >= 0.3 is 0 Å². The van der Waals surface area contributed by atoms with E-state index in [0.717, 1.165) is 24.8 Å². The van der Waals surface area contributed by atoms with Gasteiger partial charge in [-0.3, -0.25) is 0 Å². The van der Waals surface area contributed by atoms with E-state index in [1.807, 2.05) is 6.07 Å². The van der Waals surface area contributed by atoms with Gasteiger partial charge in [0.25, 0.3) is 0 Å². The Bertz CT molecular complexity index is 285. The maximum atomic E-state index is 9.65. The van der Waals surface area contributed by atoms with Gasteiger partial charge in [-0.15, -0.1) is 0 Å². The van der Waals surface area contributed by atoms with Crippen LogP contribution in [0.25, 0.3) is 0 Å². The molecular weight excluding hydrogens is 186 g/mol. The number of nitrogens with zero attached hydrogens (tertiary/aromatic N) is 1. The molecule has 3 heteroatoms. The van der Waals surface area contributed by atoms with Crippen molar-refractivity contribution >= 4 is 11.6 Å². The normalized spacial score (nSPS) is 27.8. The van der Waals surface area contributed by atoms with E-state index in [9.17, 15) is 5.11 Å². The summed E-state index contributed by atoms with van der Waals surface area (Å²) >= 11 is 5.68. The molecule has 0 amide bonds. The average molecular weight is 198 g/mol. The van der Waals surface area contributed by atoms with Gasteiger partial charge < -0.3 is 5.11 Å². The number of halogens is 1. The number of hydrogen-bond acceptors (Lipinski definition) is 2. The standard InChI is InChI=1S/C10H12ClNO/c11-10-5-4-7(6-12-10)8-2-1-3-9(8)13/h4-6,8-9,13H,1-3H2/t8-,9?/m1/s1. The molecule has 1 N–H and O–H groups in total. The molecule has 2 atom stereocenters. The Morgan fingerprint density at radius 3 is 2.77 bits per heavy atom. The lowest BCUT2D eigenvalue weighted by atomic mass is 9.98. The smallest absolute Gasteiger partial charge is 0.129 e. The zero-order valence-electron chi connectivity index (χ0n) is 7.28. The van der Waals surface area contributed by atoms with E-state index >= 15 is 0 Å². The quantitative estimate of drug-likeness (QED) is 0.702. The maximum Gasteiger partial charge on any atom is 0.129 e. The van der Waals surface area contributed by atoms with E-state index in [1.165, 1.54) is 0 Å². The first-order valence-electron chi connectivity index (χ1n) is 4.57. The molecule has 0 aromatic carbocycles. The molecule has 13 heavy (non-hydrogen) atoms. The van der Waals surface area contributed by atoms with Gasteiger partial charge in [0, 0.05) is 12.1 Å². The highest BCUT2D eigenvalue weighted by molar-refractivity contribution is 6.29. The summed E-state index contributed by atoms with van der Waals surface area (Å²) in [5.74, 6) is 0.268. The molecule has 1 heterocycles. The molecule has 1 saturated carbocycles. The van der Waals surface area contributed by atoms with Crippen molar-refractivity contribution in [2.24, 2.45) is 0 Å². The van der Waals surface area contributed by atoms with Gasteiger partial charge in [0.1, 0.15) is 5.15 Å². The molecule has 0 bridgehead atoms. The molecule has 0 aliphatic heterocycles. The second-order valence-electron chi connectivity index (χ2n) is 3.52. The molecule has 1 aliphatic rings. The largest absolute Gasteiger partial charge is 0.392 e. The van der Waals surface area contributed by atoms with Crippen molar-refractivity contribution in [1.29, 1.82) is 0 Å². The molecule has 70 valence electrons. The number of aliphatic hydroxyl groups is 1. The molecule has 1 aliphatic carbocycles. The van der Waals surface area contributed by atoms with Crippen LogP contribution in [0.4, 0.5) is 0 Å². The lowest BCUT2D eigenvalue weighted by molar-refractivity contribution is 0.163. The first-order chi connectivity index (χ1) is 6.27. The van der Waals surface area contributed by atoms with Gasteiger partial charge in [-0.1, -0.05) is 24.1 Å². The SMILES string of the molecule is OC1CCC[C@@H]1c1ccc(Cl)nc1. The van der Waals surface area contributed by atoms with Gasteiger partial charge in [0.15, 0.2) is 0 Å². The zero-order valence-corrected chi connectivity index (χ0v) is 8.04. The van der Waals surface area contributed by atoms with Gasteiger partial charge in [-0.25, -0.2) is 4.98 Å². The molecule has 0 radical (unpaired) electrons. The molecule has 2 nitrogen and oxygen atoms in total. The minimum Gasteiger partial charge on any atom is -0.392 e. The van der Waals surface area contributed by atoms with Crippen LogP contribution in [0.1, 0.15) is 30.7 Å². The number of hydrogen-bond donors (Lipinski definition) is 1. The first-order valence-corrected chi connectivity index (χ1v) is 4.94. The summed E-state index contributed by atoms with van der Waals surface area (Å²) in [6.45, 7) is 0.